The van der Waals surface area contributed by atoms with Crippen molar-refractivity contribution in [3.05, 3.63) is 30.3 Å². The van der Waals surface area contributed by atoms with Crippen LogP contribution in [0.4, 0.5) is 5.82 Å². The van der Waals surface area contributed by atoms with Crippen molar-refractivity contribution in [3.8, 4) is 0 Å². The van der Waals surface area contributed by atoms with Gasteiger partial charge in [0.1, 0.15) is 5.82 Å². The molecule has 1 heterocycles. The van der Waals surface area contributed by atoms with Crippen LogP contribution in [0.1, 0.15) is 19.3 Å². The Balaban J connectivity index is 1.98. The third-order valence-corrected chi connectivity index (χ3v) is 4.94. The van der Waals surface area contributed by atoms with Gasteiger partial charge < -0.3 is 5.73 Å². The Morgan fingerprint density at radius 3 is 2.68 bits per heavy atom. The fourth-order valence-electron chi connectivity index (χ4n) is 2.10. The Kier molecular flexibility index (Phi) is 2.91. The lowest BCUT2D eigenvalue weighted by Crippen LogP contribution is -2.39. The van der Waals surface area contributed by atoms with Crippen molar-refractivity contribution in [2.45, 2.75) is 30.2 Å². The number of anilines is 1. The second kappa shape index (κ2) is 4.47. The summed E-state index contributed by atoms with van der Waals surface area (Å²) in [5, 5.41) is 0.769. The van der Waals surface area contributed by atoms with E-state index in [9.17, 15) is 8.42 Å². The number of hydrogen-bond acceptors (Lipinski definition) is 4. The lowest BCUT2D eigenvalue weighted by molar-refractivity contribution is 0.383. The highest BCUT2D eigenvalue weighted by molar-refractivity contribution is 7.89. The molecule has 1 fully saturated rings. The highest BCUT2D eigenvalue weighted by Crippen LogP contribution is 2.23. The first-order valence-corrected chi connectivity index (χ1v) is 7.71. The molecule has 1 aliphatic rings. The number of aromatic nitrogens is 1. The molecule has 1 aliphatic carbocycles. The first-order valence-electron chi connectivity index (χ1n) is 6.23. The van der Waals surface area contributed by atoms with Gasteiger partial charge in [-0.2, -0.15) is 0 Å². The molecule has 1 aromatic heterocycles. The zero-order valence-electron chi connectivity index (χ0n) is 10.3. The maximum Gasteiger partial charge on any atom is 0.240 e. The minimum Gasteiger partial charge on any atom is -0.384 e. The zero-order chi connectivity index (χ0) is 13.5. The third-order valence-electron chi connectivity index (χ3n) is 3.42. The number of pyridine rings is 1. The number of benzene rings is 1. The summed E-state index contributed by atoms with van der Waals surface area (Å²) in [6.07, 6.45) is 2.93. The molecule has 3 rings (SSSR count). The lowest BCUT2D eigenvalue weighted by Gasteiger charge is -2.26. The number of nitrogens with two attached hydrogens (primary N) is 1. The molecule has 0 radical (unpaired) electrons. The summed E-state index contributed by atoms with van der Waals surface area (Å²) in [5.41, 5.74) is 6.29. The number of sulfonamides is 1. The lowest BCUT2D eigenvalue weighted by atomic mass is 9.94. The summed E-state index contributed by atoms with van der Waals surface area (Å²) in [6, 6.07) is 8.41. The summed E-state index contributed by atoms with van der Waals surface area (Å²) < 4.78 is 27.1. The number of nitrogens with one attached hydrogen (secondary N) is 1. The molecule has 0 aliphatic heterocycles. The highest BCUT2D eigenvalue weighted by Gasteiger charge is 2.24. The van der Waals surface area contributed by atoms with Crippen molar-refractivity contribution >= 4 is 26.7 Å². The average Bonchev–Trinajstić information content (AvgIpc) is 2.33. The van der Waals surface area contributed by atoms with E-state index in [0.29, 0.717) is 11.3 Å². The topological polar surface area (TPSA) is 85.1 Å². The standard InChI is InChI=1S/C13H15N3O2S/c14-13-7-4-9-8-11(5-6-12(9)15-13)19(17,18)16-10-2-1-3-10/h4-8,10,16H,1-3H2,(H2,14,15). The molecule has 0 spiro atoms. The highest BCUT2D eigenvalue weighted by atomic mass is 32.2. The first kappa shape index (κ1) is 12.4. The van der Waals surface area contributed by atoms with Gasteiger partial charge in [0.2, 0.25) is 10.0 Å². The number of rotatable bonds is 3. The van der Waals surface area contributed by atoms with Crippen LogP contribution in [0.3, 0.4) is 0 Å². The molecular formula is C13H15N3O2S. The SMILES string of the molecule is Nc1ccc2cc(S(=O)(=O)NC3CCC3)ccc2n1. The molecule has 1 saturated carbocycles. The van der Waals surface area contributed by atoms with E-state index in [-0.39, 0.29) is 10.9 Å². The van der Waals surface area contributed by atoms with Gasteiger partial charge in [0.25, 0.3) is 0 Å². The molecule has 0 bridgehead atoms. The van der Waals surface area contributed by atoms with Gasteiger partial charge in [-0.15, -0.1) is 0 Å². The van der Waals surface area contributed by atoms with E-state index >= 15 is 0 Å². The Labute approximate surface area is 111 Å². The first-order chi connectivity index (χ1) is 9.04. The van der Waals surface area contributed by atoms with Crippen molar-refractivity contribution in [1.82, 2.24) is 9.71 Å². The van der Waals surface area contributed by atoms with Crippen molar-refractivity contribution in [2.24, 2.45) is 0 Å². The van der Waals surface area contributed by atoms with Gasteiger partial charge in [-0.05, 0) is 43.2 Å². The number of hydrogen-bond donors (Lipinski definition) is 2. The monoisotopic (exact) mass is 277 g/mol. The van der Waals surface area contributed by atoms with Crippen LogP contribution in [-0.2, 0) is 10.0 Å². The molecule has 0 saturated heterocycles. The molecule has 0 unspecified atom stereocenters. The van der Waals surface area contributed by atoms with Crippen LogP contribution < -0.4 is 10.5 Å². The Bertz CT molecular complexity index is 724. The van der Waals surface area contributed by atoms with Crippen LogP contribution in [0.2, 0.25) is 0 Å². The minimum absolute atomic E-state index is 0.0882. The van der Waals surface area contributed by atoms with Gasteiger partial charge >= 0.3 is 0 Å². The summed E-state index contributed by atoms with van der Waals surface area (Å²) in [6.45, 7) is 0. The molecular weight excluding hydrogens is 262 g/mol. The quantitative estimate of drug-likeness (QED) is 0.893. The maximum atomic E-state index is 12.2. The minimum atomic E-state index is -3.43. The van der Waals surface area contributed by atoms with Crippen LogP contribution >= 0.6 is 0 Å². The van der Waals surface area contributed by atoms with Gasteiger partial charge in [-0.25, -0.2) is 18.1 Å². The number of fused-ring (bicyclic) bond motifs is 1. The number of nitrogen functional groups attached to an aromatic ring is 1. The predicted molar refractivity (Wildman–Crippen MR) is 74.1 cm³/mol. The molecule has 3 N–H and O–H groups in total. The predicted octanol–water partition coefficient (Wildman–Crippen LogP) is 1.65. The smallest absolute Gasteiger partial charge is 0.240 e. The molecule has 0 atom stereocenters. The van der Waals surface area contributed by atoms with E-state index in [4.69, 9.17) is 5.73 Å². The van der Waals surface area contributed by atoms with Crippen molar-refractivity contribution in [1.29, 1.82) is 0 Å². The van der Waals surface area contributed by atoms with E-state index in [0.717, 1.165) is 24.6 Å². The fourth-order valence-corrected chi connectivity index (χ4v) is 3.44. The normalized spacial score (nSPS) is 16.4. The van der Waals surface area contributed by atoms with Gasteiger partial charge in [0.05, 0.1) is 10.4 Å². The Morgan fingerprint density at radius 2 is 2.00 bits per heavy atom. The van der Waals surface area contributed by atoms with Gasteiger partial charge in [0, 0.05) is 11.4 Å². The van der Waals surface area contributed by atoms with Crippen LogP contribution in [-0.4, -0.2) is 19.4 Å². The molecule has 100 valence electrons. The second-order valence-electron chi connectivity index (χ2n) is 4.84. The molecule has 5 nitrogen and oxygen atoms in total. The van der Waals surface area contributed by atoms with Crippen LogP contribution in [0.25, 0.3) is 10.9 Å². The molecule has 2 aromatic rings. The molecule has 0 amide bonds. The molecule has 1 aromatic carbocycles. The molecule has 19 heavy (non-hydrogen) atoms. The van der Waals surface area contributed by atoms with Gasteiger partial charge in [0.15, 0.2) is 0 Å². The summed E-state index contributed by atoms with van der Waals surface area (Å²) in [5.74, 6) is 0.427. The number of nitrogens with zero attached hydrogens (tertiary/aromatic N) is 1. The largest absolute Gasteiger partial charge is 0.384 e. The van der Waals surface area contributed by atoms with E-state index in [1.165, 1.54) is 0 Å². The third kappa shape index (κ3) is 2.41. The van der Waals surface area contributed by atoms with Gasteiger partial charge in [-0.1, -0.05) is 6.42 Å². The Hall–Kier alpha value is -1.66. The van der Waals surface area contributed by atoms with E-state index in [2.05, 4.69) is 9.71 Å². The summed E-state index contributed by atoms with van der Waals surface area (Å²) in [7, 11) is -3.43. The summed E-state index contributed by atoms with van der Waals surface area (Å²) >= 11 is 0. The fraction of sp³-hybridized carbons (Fsp3) is 0.308. The van der Waals surface area contributed by atoms with Crippen molar-refractivity contribution < 1.29 is 8.42 Å². The summed E-state index contributed by atoms with van der Waals surface area (Å²) in [4.78, 5) is 4.43. The Morgan fingerprint density at radius 1 is 1.21 bits per heavy atom. The van der Waals surface area contributed by atoms with E-state index in [1.54, 1.807) is 30.3 Å². The van der Waals surface area contributed by atoms with E-state index in [1.807, 2.05) is 0 Å². The van der Waals surface area contributed by atoms with Crippen molar-refractivity contribution in [3.63, 3.8) is 0 Å². The maximum absolute atomic E-state index is 12.2. The van der Waals surface area contributed by atoms with Gasteiger partial charge in [-0.3, -0.25) is 0 Å². The zero-order valence-corrected chi connectivity index (χ0v) is 11.2. The second-order valence-corrected chi connectivity index (χ2v) is 6.55. The van der Waals surface area contributed by atoms with Crippen LogP contribution in [0.5, 0.6) is 0 Å². The van der Waals surface area contributed by atoms with Crippen LogP contribution in [0, 0.1) is 0 Å². The van der Waals surface area contributed by atoms with E-state index < -0.39 is 10.0 Å². The van der Waals surface area contributed by atoms with Crippen molar-refractivity contribution in [2.75, 3.05) is 5.73 Å². The van der Waals surface area contributed by atoms with Crippen LogP contribution in [0.15, 0.2) is 35.2 Å². The molecule has 6 heteroatoms. The average molecular weight is 277 g/mol.